The van der Waals surface area contributed by atoms with Crippen molar-refractivity contribution in [1.29, 1.82) is 0 Å². The maximum atomic E-state index is 13.4. The quantitative estimate of drug-likeness (QED) is 0.728. The van der Waals surface area contributed by atoms with Crippen LogP contribution in [-0.2, 0) is 21.6 Å². The molecule has 1 saturated carbocycles. The Balaban J connectivity index is 1.55. The summed E-state index contributed by atoms with van der Waals surface area (Å²) in [5.74, 6) is -1.32. The summed E-state index contributed by atoms with van der Waals surface area (Å²) in [7, 11) is 0. The number of ether oxygens (including phenoxy) is 1. The van der Waals surface area contributed by atoms with Crippen molar-refractivity contribution in [2.75, 3.05) is 0 Å². The fourth-order valence-electron chi connectivity index (χ4n) is 3.13. The lowest BCUT2D eigenvalue weighted by Gasteiger charge is -2.15. The van der Waals surface area contributed by atoms with Gasteiger partial charge in [-0.15, -0.1) is 0 Å². The maximum absolute atomic E-state index is 13.4. The lowest BCUT2D eigenvalue weighted by atomic mass is 9.96. The predicted molar refractivity (Wildman–Crippen MR) is 91.6 cm³/mol. The smallest absolute Gasteiger partial charge is 0.316 e. The Morgan fingerprint density at radius 3 is 2.58 bits per heavy atom. The number of halogens is 2. The summed E-state index contributed by atoms with van der Waals surface area (Å²) >= 11 is 0. The van der Waals surface area contributed by atoms with Crippen LogP contribution < -0.4 is 5.56 Å². The first-order valence-electron chi connectivity index (χ1n) is 8.23. The van der Waals surface area contributed by atoms with E-state index in [2.05, 4.69) is 4.98 Å². The standard InChI is InChI=1S/C20H15F2NO3/c21-15-3-1-2-14(9-15)20(6-7-20)19(25)26-11-13-8-12-4-5-16(22)10-17(12)23-18(13)24/h1-5,8-10H,6-7,11H2,(H,23,24). The predicted octanol–water partition coefficient (Wildman–Crippen LogP) is 3.58. The molecule has 3 aromatic rings. The van der Waals surface area contributed by atoms with Gasteiger partial charge in [0.2, 0.25) is 0 Å². The largest absolute Gasteiger partial charge is 0.460 e. The third kappa shape index (κ3) is 2.87. The normalized spacial score (nSPS) is 15.0. The van der Waals surface area contributed by atoms with Gasteiger partial charge in [0, 0.05) is 0 Å². The Morgan fingerprint density at radius 1 is 1.08 bits per heavy atom. The van der Waals surface area contributed by atoms with Crippen molar-refractivity contribution in [2.45, 2.75) is 24.9 Å². The Labute approximate surface area is 147 Å². The molecule has 0 amide bonds. The Bertz CT molecular complexity index is 1070. The highest BCUT2D eigenvalue weighted by Gasteiger charge is 2.53. The number of pyridine rings is 1. The van der Waals surface area contributed by atoms with Crippen molar-refractivity contribution >= 4 is 16.9 Å². The lowest BCUT2D eigenvalue weighted by Crippen LogP contribution is -2.24. The van der Waals surface area contributed by atoms with Gasteiger partial charge in [-0.25, -0.2) is 8.78 Å². The average molecular weight is 355 g/mol. The number of hydrogen-bond acceptors (Lipinski definition) is 3. The van der Waals surface area contributed by atoms with E-state index < -0.39 is 28.6 Å². The van der Waals surface area contributed by atoms with Crippen LogP contribution in [0.15, 0.2) is 53.3 Å². The minimum Gasteiger partial charge on any atom is -0.460 e. The maximum Gasteiger partial charge on any atom is 0.316 e. The zero-order valence-corrected chi connectivity index (χ0v) is 13.7. The van der Waals surface area contributed by atoms with Gasteiger partial charge in [0.25, 0.3) is 5.56 Å². The first-order chi connectivity index (χ1) is 12.5. The summed E-state index contributed by atoms with van der Waals surface area (Å²) in [5, 5.41) is 0.642. The SMILES string of the molecule is O=C(OCc1cc2ccc(F)cc2[nH]c1=O)C1(c2cccc(F)c2)CC1. The number of carbonyl (C=O) groups excluding carboxylic acids is 1. The second kappa shape index (κ2) is 6.05. The zero-order valence-electron chi connectivity index (χ0n) is 13.7. The molecule has 4 rings (SSSR count). The molecule has 1 aromatic heterocycles. The van der Waals surface area contributed by atoms with Gasteiger partial charge in [0.15, 0.2) is 0 Å². The number of aromatic nitrogens is 1. The Hall–Kier alpha value is -3.02. The highest BCUT2D eigenvalue weighted by molar-refractivity contribution is 5.86. The molecule has 1 aliphatic rings. The third-order valence-electron chi connectivity index (χ3n) is 4.76. The molecule has 1 heterocycles. The molecule has 1 aliphatic carbocycles. The van der Waals surface area contributed by atoms with Crippen molar-refractivity contribution in [3.05, 3.63) is 81.6 Å². The molecule has 0 saturated heterocycles. The molecule has 4 nitrogen and oxygen atoms in total. The van der Waals surface area contributed by atoms with Crippen molar-refractivity contribution < 1.29 is 18.3 Å². The number of fused-ring (bicyclic) bond motifs is 1. The van der Waals surface area contributed by atoms with Gasteiger partial charge in [-0.3, -0.25) is 9.59 Å². The van der Waals surface area contributed by atoms with Crippen LogP contribution in [0.25, 0.3) is 10.9 Å². The van der Waals surface area contributed by atoms with Crippen LogP contribution in [0.4, 0.5) is 8.78 Å². The molecule has 2 aromatic carbocycles. The van der Waals surface area contributed by atoms with Crippen LogP contribution in [0, 0.1) is 11.6 Å². The van der Waals surface area contributed by atoms with E-state index in [1.54, 1.807) is 24.3 Å². The second-order valence-electron chi connectivity index (χ2n) is 6.52. The van der Waals surface area contributed by atoms with Crippen molar-refractivity contribution in [3.8, 4) is 0 Å². The monoisotopic (exact) mass is 355 g/mol. The van der Waals surface area contributed by atoms with E-state index >= 15 is 0 Å². The topological polar surface area (TPSA) is 59.2 Å². The van der Waals surface area contributed by atoms with Crippen molar-refractivity contribution in [2.24, 2.45) is 0 Å². The molecule has 0 aliphatic heterocycles. The van der Waals surface area contributed by atoms with Gasteiger partial charge < -0.3 is 9.72 Å². The second-order valence-corrected chi connectivity index (χ2v) is 6.52. The van der Waals surface area contributed by atoms with Gasteiger partial charge in [-0.1, -0.05) is 12.1 Å². The number of esters is 1. The number of hydrogen-bond donors (Lipinski definition) is 1. The van der Waals surface area contributed by atoms with E-state index in [4.69, 9.17) is 4.74 Å². The third-order valence-corrected chi connectivity index (χ3v) is 4.76. The van der Waals surface area contributed by atoms with Gasteiger partial charge in [-0.2, -0.15) is 0 Å². The fraction of sp³-hybridized carbons (Fsp3) is 0.200. The molecular weight excluding hydrogens is 340 g/mol. The minimum absolute atomic E-state index is 0.196. The molecule has 0 spiro atoms. The van der Waals surface area contributed by atoms with E-state index in [1.165, 1.54) is 24.3 Å². The molecule has 0 atom stereocenters. The Kier molecular flexibility index (Phi) is 3.83. The number of aromatic amines is 1. The number of rotatable bonds is 4. The number of carbonyl (C=O) groups is 1. The lowest BCUT2D eigenvalue weighted by molar-refractivity contribution is -0.148. The fourth-order valence-corrected chi connectivity index (χ4v) is 3.13. The summed E-state index contributed by atoms with van der Waals surface area (Å²) in [5.41, 5.74) is -0.0256. The molecule has 1 N–H and O–H groups in total. The molecule has 132 valence electrons. The molecule has 6 heteroatoms. The molecule has 0 radical (unpaired) electrons. The minimum atomic E-state index is -0.825. The summed E-state index contributed by atoms with van der Waals surface area (Å²) in [6.45, 7) is -0.196. The van der Waals surface area contributed by atoms with E-state index in [-0.39, 0.29) is 12.2 Å². The van der Waals surface area contributed by atoms with Crippen molar-refractivity contribution in [1.82, 2.24) is 4.98 Å². The van der Waals surface area contributed by atoms with Crippen LogP contribution in [0.5, 0.6) is 0 Å². The van der Waals surface area contributed by atoms with Crippen LogP contribution in [0.3, 0.4) is 0 Å². The summed E-state index contributed by atoms with van der Waals surface area (Å²) < 4.78 is 32.0. The molecular formula is C20H15F2NO3. The van der Waals surface area contributed by atoms with Crippen LogP contribution >= 0.6 is 0 Å². The summed E-state index contributed by atoms with van der Waals surface area (Å²) in [6.07, 6.45) is 1.17. The summed E-state index contributed by atoms with van der Waals surface area (Å²) in [4.78, 5) is 27.2. The Morgan fingerprint density at radius 2 is 1.85 bits per heavy atom. The first kappa shape index (κ1) is 16.4. The highest BCUT2D eigenvalue weighted by atomic mass is 19.1. The van der Waals surface area contributed by atoms with E-state index in [9.17, 15) is 18.4 Å². The van der Waals surface area contributed by atoms with Crippen molar-refractivity contribution in [3.63, 3.8) is 0 Å². The van der Waals surface area contributed by atoms with E-state index in [0.29, 0.717) is 29.3 Å². The molecule has 1 fully saturated rings. The molecule has 0 unspecified atom stereocenters. The van der Waals surface area contributed by atoms with Gasteiger partial charge in [0.1, 0.15) is 18.2 Å². The van der Waals surface area contributed by atoms with Crippen LogP contribution in [-0.4, -0.2) is 11.0 Å². The molecule has 26 heavy (non-hydrogen) atoms. The first-order valence-corrected chi connectivity index (χ1v) is 8.23. The van der Waals surface area contributed by atoms with Gasteiger partial charge in [-0.05, 0) is 60.2 Å². The van der Waals surface area contributed by atoms with Crippen LogP contribution in [0.1, 0.15) is 24.0 Å². The van der Waals surface area contributed by atoms with Gasteiger partial charge >= 0.3 is 5.97 Å². The molecule has 0 bridgehead atoms. The average Bonchev–Trinajstić information content (AvgIpc) is 3.42. The summed E-state index contributed by atoms with van der Waals surface area (Å²) in [6, 6.07) is 11.6. The van der Waals surface area contributed by atoms with E-state index in [0.717, 1.165) is 0 Å². The number of H-pyrrole nitrogens is 1. The van der Waals surface area contributed by atoms with Crippen LogP contribution in [0.2, 0.25) is 0 Å². The number of nitrogens with one attached hydrogen (secondary N) is 1. The number of benzene rings is 2. The van der Waals surface area contributed by atoms with E-state index in [1.807, 2.05) is 0 Å². The zero-order chi connectivity index (χ0) is 18.3. The highest BCUT2D eigenvalue weighted by Crippen LogP contribution is 2.49. The van der Waals surface area contributed by atoms with Gasteiger partial charge in [0.05, 0.1) is 16.5 Å².